The summed E-state index contributed by atoms with van der Waals surface area (Å²) in [5, 5.41) is 8.82. The van der Waals surface area contributed by atoms with Crippen molar-refractivity contribution in [3.8, 4) is 0 Å². The van der Waals surface area contributed by atoms with Crippen LogP contribution in [0.4, 0.5) is 4.39 Å². The van der Waals surface area contributed by atoms with Gasteiger partial charge in [0.05, 0.1) is 5.56 Å². The van der Waals surface area contributed by atoms with Crippen molar-refractivity contribution in [2.24, 2.45) is 0 Å². The van der Waals surface area contributed by atoms with Gasteiger partial charge in [-0.3, -0.25) is 0 Å². The quantitative estimate of drug-likeness (QED) is 0.836. The number of carbonyl (C=O) groups is 1. The van der Waals surface area contributed by atoms with Gasteiger partial charge in [0, 0.05) is 11.3 Å². The van der Waals surface area contributed by atoms with Gasteiger partial charge in [-0.15, -0.1) is 0 Å². The zero-order chi connectivity index (χ0) is 15.6. The Balaban J connectivity index is 3.09. The molecule has 0 atom stereocenters. The molecule has 0 heterocycles. The first-order chi connectivity index (χ1) is 9.09. The third-order valence-corrected chi connectivity index (χ3v) is 5.37. The van der Waals surface area contributed by atoms with Gasteiger partial charge in [-0.05, 0) is 38.3 Å². The fourth-order valence-corrected chi connectivity index (χ4v) is 2.88. The maximum atomic E-state index is 13.6. The molecule has 1 rings (SSSR count). The van der Waals surface area contributed by atoms with Crippen LogP contribution in [0.15, 0.2) is 23.1 Å². The molecular weight excluding hydrogens is 305 g/mol. The minimum atomic E-state index is -4.09. The highest BCUT2D eigenvalue weighted by molar-refractivity contribution is 8.00. The molecule has 1 aromatic carbocycles. The van der Waals surface area contributed by atoms with Crippen LogP contribution in [0.1, 0.15) is 24.2 Å². The van der Waals surface area contributed by atoms with Crippen LogP contribution in [-0.4, -0.2) is 37.0 Å². The Kier molecular flexibility index (Phi) is 5.17. The molecule has 0 saturated carbocycles. The first-order valence-electron chi connectivity index (χ1n) is 5.67. The summed E-state index contributed by atoms with van der Waals surface area (Å²) < 4.78 is 39.6. The average Bonchev–Trinajstić information content (AvgIpc) is 2.37. The maximum absolute atomic E-state index is 13.6. The molecule has 0 aliphatic carbocycles. The van der Waals surface area contributed by atoms with E-state index in [4.69, 9.17) is 5.11 Å². The highest BCUT2D eigenvalue weighted by Crippen LogP contribution is 2.22. The van der Waals surface area contributed by atoms with Gasteiger partial charge in [0.15, 0.2) is 0 Å². The summed E-state index contributed by atoms with van der Waals surface area (Å²) in [6.45, 7) is 3.78. The van der Waals surface area contributed by atoms with Crippen molar-refractivity contribution < 1.29 is 22.7 Å². The number of hydrogen-bond acceptors (Lipinski definition) is 4. The number of carboxylic acids is 1. The average molecular weight is 321 g/mol. The monoisotopic (exact) mass is 321 g/mol. The number of rotatable bonds is 6. The smallest absolute Gasteiger partial charge is 0.335 e. The van der Waals surface area contributed by atoms with E-state index in [1.165, 1.54) is 11.8 Å². The second-order valence-corrected chi connectivity index (χ2v) is 7.99. The summed E-state index contributed by atoms with van der Waals surface area (Å²) >= 11 is 1.46. The number of aromatic carboxylic acids is 1. The Labute approximate surface area is 121 Å². The van der Waals surface area contributed by atoms with E-state index in [1.807, 2.05) is 20.1 Å². The van der Waals surface area contributed by atoms with Gasteiger partial charge in [0.1, 0.15) is 10.7 Å². The first kappa shape index (κ1) is 16.9. The number of carboxylic acid groups (broad SMARTS) is 1. The van der Waals surface area contributed by atoms with Crippen molar-refractivity contribution in [1.82, 2.24) is 4.72 Å². The molecule has 2 N–H and O–H groups in total. The van der Waals surface area contributed by atoms with Gasteiger partial charge in [0.25, 0.3) is 0 Å². The number of thioether (sulfide) groups is 1. The number of sulfonamides is 1. The first-order valence-corrected chi connectivity index (χ1v) is 8.37. The van der Waals surface area contributed by atoms with E-state index < -0.39 is 26.7 Å². The van der Waals surface area contributed by atoms with E-state index >= 15 is 0 Å². The van der Waals surface area contributed by atoms with Crippen LogP contribution in [0.25, 0.3) is 0 Å². The van der Waals surface area contributed by atoms with E-state index in [9.17, 15) is 17.6 Å². The molecule has 0 radical (unpaired) electrons. The largest absolute Gasteiger partial charge is 0.478 e. The van der Waals surface area contributed by atoms with E-state index in [-0.39, 0.29) is 16.9 Å². The Morgan fingerprint density at radius 1 is 1.45 bits per heavy atom. The zero-order valence-corrected chi connectivity index (χ0v) is 12.9. The molecule has 112 valence electrons. The summed E-state index contributed by atoms with van der Waals surface area (Å²) in [6, 6.07) is 2.66. The molecule has 0 spiro atoms. The lowest BCUT2D eigenvalue weighted by Gasteiger charge is -2.22. The number of halogens is 1. The molecule has 0 fully saturated rings. The molecule has 0 aromatic heterocycles. The van der Waals surface area contributed by atoms with Gasteiger partial charge >= 0.3 is 5.97 Å². The predicted octanol–water partition coefficient (Wildman–Crippen LogP) is 1.94. The molecule has 8 heteroatoms. The highest BCUT2D eigenvalue weighted by Gasteiger charge is 2.24. The van der Waals surface area contributed by atoms with Crippen molar-refractivity contribution in [3.05, 3.63) is 29.6 Å². The van der Waals surface area contributed by atoms with Crippen LogP contribution in [0.2, 0.25) is 0 Å². The lowest BCUT2D eigenvalue weighted by Crippen LogP contribution is -2.36. The molecule has 5 nitrogen and oxygen atoms in total. The van der Waals surface area contributed by atoms with Crippen molar-refractivity contribution in [1.29, 1.82) is 0 Å². The fourth-order valence-electron chi connectivity index (χ4n) is 1.26. The third kappa shape index (κ3) is 4.19. The van der Waals surface area contributed by atoms with Crippen LogP contribution in [-0.2, 0) is 10.0 Å². The molecule has 0 aliphatic heterocycles. The maximum Gasteiger partial charge on any atom is 0.335 e. The van der Waals surface area contributed by atoms with Crippen molar-refractivity contribution in [2.45, 2.75) is 23.5 Å². The fraction of sp³-hybridized carbons (Fsp3) is 0.417. The van der Waals surface area contributed by atoms with Crippen LogP contribution in [0.3, 0.4) is 0 Å². The van der Waals surface area contributed by atoms with Crippen LogP contribution in [0, 0.1) is 5.82 Å². The topological polar surface area (TPSA) is 83.5 Å². The van der Waals surface area contributed by atoms with Gasteiger partial charge < -0.3 is 5.11 Å². The lowest BCUT2D eigenvalue weighted by atomic mass is 10.2. The molecule has 0 bridgehead atoms. The van der Waals surface area contributed by atoms with Crippen molar-refractivity contribution in [3.63, 3.8) is 0 Å². The minimum absolute atomic E-state index is 0.104. The van der Waals surface area contributed by atoms with E-state index in [2.05, 4.69) is 4.72 Å². The normalized spacial score (nSPS) is 12.4. The summed E-state index contributed by atoms with van der Waals surface area (Å²) in [6.07, 6.45) is 1.83. The Morgan fingerprint density at radius 3 is 2.55 bits per heavy atom. The second-order valence-electron chi connectivity index (χ2n) is 4.74. The molecular formula is C12H16FNO4S2. The zero-order valence-electron chi connectivity index (χ0n) is 11.3. The Morgan fingerprint density at radius 2 is 2.05 bits per heavy atom. The lowest BCUT2D eigenvalue weighted by molar-refractivity contribution is 0.0696. The second kappa shape index (κ2) is 6.11. The molecule has 0 unspecified atom stereocenters. The van der Waals surface area contributed by atoms with E-state index in [1.54, 1.807) is 0 Å². The van der Waals surface area contributed by atoms with Crippen LogP contribution in [0.5, 0.6) is 0 Å². The highest BCUT2D eigenvalue weighted by atomic mass is 32.2. The predicted molar refractivity (Wildman–Crippen MR) is 76.1 cm³/mol. The standard InChI is InChI=1S/C12H16FNO4S2/c1-12(2,19-3)7-14-20(17,18)10-6-8(11(15)16)4-5-9(10)13/h4-6,14H,7H2,1-3H3,(H,15,16). The SMILES string of the molecule is CSC(C)(C)CNS(=O)(=O)c1cc(C(=O)O)ccc1F. The molecule has 20 heavy (non-hydrogen) atoms. The van der Waals surface area contributed by atoms with Crippen molar-refractivity contribution >= 4 is 27.8 Å². The summed E-state index contributed by atoms with van der Waals surface area (Å²) in [5.74, 6) is -2.30. The van der Waals surface area contributed by atoms with E-state index in [0.717, 1.165) is 18.2 Å². The number of hydrogen-bond donors (Lipinski definition) is 2. The van der Waals surface area contributed by atoms with Gasteiger partial charge in [-0.2, -0.15) is 11.8 Å². The van der Waals surface area contributed by atoms with Crippen LogP contribution < -0.4 is 4.72 Å². The molecule has 0 amide bonds. The van der Waals surface area contributed by atoms with Crippen molar-refractivity contribution in [2.75, 3.05) is 12.8 Å². The molecule has 1 aromatic rings. The van der Waals surface area contributed by atoms with Gasteiger partial charge in [0.2, 0.25) is 10.0 Å². The number of benzene rings is 1. The minimum Gasteiger partial charge on any atom is -0.478 e. The Bertz CT molecular complexity index is 614. The summed E-state index contributed by atoms with van der Waals surface area (Å²) in [7, 11) is -4.09. The van der Waals surface area contributed by atoms with Crippen LogP contribution >= 0.6 is 11.8 Å². The number of nitrogens with one attached hydrogen (secondary N) is 1. The molecule has 0 aliphatic rings. The summed E-state index contributed by atoms with van der Waals surface area (Å²) in [5.41, 5.74) is -0.282. The van der Waals surface area contributed by atoms with E-state index in [0.29, 0.717) is 0 Å². The molecule has 0 saturated heterocycles. The Hall–Kier alpha value is -1.12. The van der Waals surface area contributed by atoms with Gasteiger partial charge in [-0.1, -0.05) is 0 Å². The summed E-state index contributed by atoms with van der Waals surface area (Å²) in [4.78, 5) is 10.2. The van der Waals surface area contributed by atoms with Gasteiger partial charge in [-0.25, -0.2) is 22.3 Å². The third-order valence-electron chi connectivity index (χ3n) is 2.71.